The summed E-state index contributed by atoms with van der Waals surface area (Å²) >= 11 is 0. The number of hydrogen-bond donors (Lipinski definition) is 1. The zero-order valence-corrected chi connectivity index (χ0v) is 12.7. The van der Waals surface area contributed by atoms with Gasteiger partial charge in [0.05, 0.1) is 12.8 Å². The molecule has 0 unspecified atom stereocenters. The first kappa shape index (κ1) is 15.2. The van der Waals surface area contributed by atoms with E-state index >= 15 is 0 Å². The Hall–Kier alpha value is -1.72. The normalized spacial score (nSPS) is 20.0. The second-order valence-corrected chi connectivity index (χ2v) is 5.79. The molecule has 0 aliphatic carbocycles. The molecule has 118 valence electrons. The van der Waals surface area contributed by atoms with Gasteiger partial charge in [-0.05, 0) is 37.8 Å². The van der Waals surface area contributed by atoms with Crippen LogP contribution in [0.1, 0.15) is 25.3 Å². The standard InChI is InChI=1S/C17H21FN2O2/c1-12(15-3-2-7-21-11-15)20-10-14-5-4-13(9-16(14)18)17-19-6-8-22-17/h4-6,8-9,12,15,20H,2-3,7,10-11H2,1H3/t12-,15-/m1/s1. The van der Waals surface area contributed by atoms with Gasteiger partial charge >= 0.3 is 0 Å². The Labute approximate surface area is 129 Å². The van der Waals surface area contributed by atoms with Crippen LogP contribution in [-0.4, -0.2) is 24.2 Å². The maximum atomic E-state index is 14.2. The summed E-state index contributed by atoms with van der Waals surface area (Å²) in [5.74, 6) is 0.699. The van der Waals surface area contributed by atoms with Crippen molar-refractivity contribution in [3.05, 3.63) is 42.0 Å². The summed E-state index contributed by atoms with van der Waals surface area (Å²) in [6.45, 7) is 4.30. The lowest BCUT2D eigenvalue weighted by Crippen LogP contribution is -2.37. The highest BCUT2D eigenvalue weighted by Gasteiger charge is 2.20. The van der Waals surface area contributed by atoms with Gasteiger partial charge in [-0.1, -0.05) is 6.07 Å². The molecular formula is C17H21FN2O2. The average Bonchev–Trinajstić information content (AvgIpc) is 3.08. The van der Waals surface area contributed by atoms with Gasteiger partial charge < -0.3 is 14.5 Å². The van der Waals surface area contributed by atoms with Crippen LogP contribution in [0.4, 0.5) is 4.39 Å². The average molecular weight is 304 g/mol. The highest BCUT2D eigenvalue weighted by atomic mass is 19.1. The highest BCUT2D eigenvalue weighted by molar-refractivity contribution is 5.53. The molecule has 1 saturated heterocycles. The molecule has 1 fully saturated rings. The quantitative estimate of drug-likeness (QED) is 0.920. The van der Waals surface area contributed by atoms with Crippen LogP contribution >= 0.6 is 0 Å². The molecule has 1 aromatic heterocycles. The summed E-state index contributed by atoms with van der Waals surface area (Å²) in [4.78, 5) is 4.03. The SMILES string of the molecule is C[C@@H](NCc1ccc(-c2ncco2)cc1F)[C@@H]1CCCOC1. The van der Waals surface area contributed by atoms with Crippen molar-refractivity contribution >= 4 is 0 Å². The fourth-order valence-corrected chi connectivity index (χ4v) is 2.79. The first-order chi connectivity index (χ1) is 10.7. The molecule has 1 N–H and O–H groups in total. The van der Waals surface area contributed by atoms with Crippen molar-refractivity contribution in [2.75, 3.05) is 13.2 Å². The summed E-state index contributed by atoms with van der Waals surface area (Å²) in [6, 6.07) is 5.40. The Kier molecular flexibility index (Phi) is 4.85. The van der Waals surface area contributed by atoms with Gasteiger partial charge in [0.2, 0.25) is 5.89 Å². The molecule has 1 aliphatic rings. The van der Waals surface area contributed by atoms with Crippen molar-refractivity contribution in [2.45, 2.75) is 32.4 Å². The molecule has 22 heavy (non-hydrogen) atoms. The summed E-state index contributed by atoms with van der Waals surface area (Å²) in [7, 11) is 0. The van der Waals surface area contributed by atoms with Crippen LogP contribution in [0.3, 0.4) is 0 Å². The van der Waals surface area contributed by atoms with Crippen LogP contribution in [0.2, 0.25) is 0 Å². The van der Waals surface area contributed by atoms with Crippen molar-refractivity contribution in [2.24, 2.45) is 5.92 Å². The van der Waals surface area contributed by atoms with E-state index in [1.807, 2.05) is 6.07 Å². The third kappa shape index (κ3) is 3.54. The van der Waals surface area contributed by atoms with E-state index in [0.717, 1.165) is 19.6 Å². The monoisotopic (exact) mass is 304 g/mol. The van der Waals surface area contributed by atoms with E-state index in [2.05, 4.69) is 17.2 Å². The number of hydrogen-bond acceptors (Lipinski definition) is 4. The van der Waals surface area contributed by atoms with E-state index in [1.54, 1.807) is 12.3 Å². The van der Waals surface area contributed by atoms with Crippen molar-refractivity contribution < 1.29 is 13.5 Å². The van der Waals surface area contributed by atoms with Crippen molar-refractivity contribution in [1.82, 2.24) is 10.3 Å². The Morgan fingerprint density at radius 2 is 2.36 bits per heavy atom. The van der Waals surface area contributed by atoms with Crippen LogP contribution in [-0.2, 0) is 11.3 Å². The molecular weight excluding hydrogens is 283 g/mol. The summed E-state index contributed by atoms with van der Waals surface area (Å²) in [5.41, 5.74) is 1.30. The lowest BCUT2D eigenvalue weighted by atomic mass is 9.95. The molecule has 2 atom stereocenters. The number of oxazole rings is 1. The smallest absolute Gasteiger partial charge is 0.225 e. The van der Waals surface area contributed by atoms with Crippen LogP contribution in [0.15, 0.2) is 35.1 Å². The molecule has 0 amide bonds. The van der Waals surface area contributed by atoms with E-state index in [0.29, 0.717) is 35.5 Å². The molecule has 1 aromatic carbocycles. The van der Waals surface area contributed by atoms with Crippen LogP contribution < -0.4 is 5.32 Å². The molecule has 0 spiro atoms. The predicted octanol–water partition coefficient (Wildman–Crippen LogP) is 3.39. The van der Waals surface area contributed by atoms with E-state index in [-0.39, 0.29) is 5.82 Å². The van der Waals surface area contributed by atoms with Gasteiger partial charge in [0, 0.05) is 30.3 Å². The Bertz CT molecular complexity index is 595. The minimum atomic E-state index is -0.240. The lowest BCUT2D eigenvalue weighted by molar-refractivity contribution is 0.0417. The topological polar surface area (TPSA) is 47.3 Å². The second kappa shape index (κ2) is 7.03. The van der Waals surface area contributed by atoms with Gasteiger partial charge in [0.25, 0.3) is 0 Å². The third-order valence-electron chi connectivity index (χ3n) is 4.25. The fourth-order valence-electron chi connectivity index (χ4n) is 2.79. The van der Waals surface area contributed by atoms with Gasteiger partial charge in [-0.3, -0.25) is 0 Å². The van der Waals surface area contributed by atoms with Crippen molar-refractivity contribution in [3.63, 3.8) is 0 Å². The number of benzene rings is 1. The van der Waals surface area contributed by atoms with Gasteiger partial charge in [-0.2, -0.15) is 0 Å². The molecule has 4 nitrogen and oxygen atoms in total. The summed E-state index contributed by atoms with van der Waals surface area (Å²) < 4.78 is 24.9. The molecule has 5 heteroatoms. The van der Waals surface area contributed by atoms with Crippen LogP contribution in [0.25, 0.3) is 11.5 Å². The molecule has 2 heterocycles. The largest absolute Gasteiger partial charge is 0.445 e. The van der Waals surface area contributed by atoms with Crippen molar-refractivity contribution in [3.8, 4) is 11.5 Å². The maximum Gasteiger partial charge on any atom is 0.225 e. The zero-order valence-electron chi connectivity index (χ0n) is 12.7. The molecule has 0 saturated carbocycles. The first-order valence-corrected chi connectivity index (χ1v) is 7.73. The van der Waals surface area contributed by atoms with E-state index in [1.165, 1.54) is 18.8 Å². The first-order valence-electron chi connectivity index (χ1n) is 7.73. The van der Waals surface area contributed by atoms with E-state index < -0.39 is 0 Å². The Morgan fingerprint density at radius 3 is 3.05 bits per heavy atom. The molecule has 3 rings (SSSR count). The Morgan fingerprint density at radius 1 is 1.45 bits per heavy atom. The molecule has 0 bridgehead atoms. The van der Waals surface area contributed by atoms with Gasteiger partial charge in [-0.15, -0.1) is 0 Å². The molecule has 2 aromatic rings. The van der Waals surface area contributed by atoms with E-state index in [9.17, 15) is 4.39 Å². The van der Waals surface area contributed by atoms with Gasteiger partial charge in [-0.25, -0.2) is 9.37 Å². The number of nitrogens with one attached hydrogen (secondary N) is 1. The van der Waals surface area contributed by atoms with Crippen LogP contribution in [0.5, 0.6) is 0 Å². The van der Waals surface area contributed by atoms with Crippen LogP contribution in [0, 0.1) is 11.7 Å². The number of halogens is 1. The fraction of sp³-hybridized carbons (Fsp3) is 0.471. The third-order valence-corrected chi connectivity index (χ3v) is 4.25. The minimum Gasteiger partial charge on any atom is -0.445 e. The minimum absolute atomic E-state index is 0.240. The zero-order chi connectivity index (χ0) is 15.4. The summed E-state index contributed by atoms with van der Waals surface area (Å²) in [6.07, 6.45) is 5.31. The lowest BCUT2D eigenvalue weighted by Gasteiger charge is -2.28. The van der Waals surface area contributed by atoms with Crippen molar-refractivity contribution in [1.29, 1.82) is 0 Å². The molecule has 1 aliphatic heterocycles. The predicted molar refractivity (Wildman–Crippen MR) is 81.7 cm³/mol. The Balaban J connectivity index is 1.60. The number of ether oxygens (including phenoxy) is 1. The number of aromatic nitrogens is 1. The van der Waals surface area contributed by atoms with E-state index in [4.69, 9.17) is 9.15 Å². The second-order valence-electron chi connectivity index (χ2n) is 5.79. The maximum absolute atomic E-state index is 14.2. The molecule has 0 radical (unpaired) electrons. The summed E-state index contributed by atoms with van der Waals surface area (Å²) in [5, 5.41) is 3.40. The van der Waals surface area contributed by atoms with Gasteiger partial charge in [0.1, 0.15) is 12.1 Å². The highest BCUT2D eigenvalue weighted by Crippen LogP contribution is 2.21. The number of rotatable bonds is 5. The number of nitrogens with zero attached hydrogens (tertiary/aromatic N) is 1. The van der Waals surface area contributed by atoms with Gasteiger partial charge in [0.15, 0.2) is 0 Å².